The zero-order valence-corrected chi connectivity index (χ0v) is 13.9. The van der Waals surface area contributed by atoms with Crippen molar-refractivity contribution in [3.8, 4) is 16.3 Å². The molecular weight excluding hydrogens is 330 g/mol. The van der Waals surface area contributed by atoms with Gasteiger partial charge in [-0.25, -0.2) is 4.98 Å². The minimum atomic E-state index is 0.716. The van der Waals surface area contributed by atoms with Crippen LogP contribution in [0, 0.1) is 0 Å². The van der Waals surface area contributed by atoms with E-state index in [1.807, 2.05) is 48.5 Å². The van der Waals surface area contributed by atoms with Gasteiger partial charge in [0.2, 0.25) is 0 Å². The Morgan fingerprint density at radius 1 is 1.13 bits per heavy atom. The van der Waals surface area contributed by atoms with Gasteiger partial charge in [-0.2, -0.15) is 5.10 Å². The van der Waals surface area contributed by atoms with Gasteiger partial charge in [-0.05, 0) is 42.0 Å². The van der Waals surface area contributed by atoms with E-state index in [0.717, 1.165) is 26.9 Å². The van der Waals surface area contributed by atoms with Crippen molar-refractivity contribution < 1.29 is 4.74 Å². The van der Waals surface area contributed by atoms with Gasteiger partial charge >= 0.3 is 0 Å². The average molecular weight is 344 g/mol. The highest BCUT2D eigenvalue weighted by Gasteiger charge is 2.03. The summed E-state index contributed by atoms with van der Waals surface area (Å²) in [5, 5.41) is 6.73. The minimum absolute atomic E-state index is 0.716. The molecule has 1 aromatic heterocycles. The van der Waals surface area contributed by atoms with E-state index in [9.17, 15) is 0 Å². The highest BCUT2D eigenvalue weighted by atomic mass is 35.5. The maximum Gasteiger partial charge on any atom is 0.129 e. The Labute approximate surface area is 143 Å². The molecule has 0 saturated heterocycles. The molecule has 1 heterocycles. The highest BCUT2D eigenvalue weighted by Crippen LogP contribution is 2.29. The van der Waals surface area contributed by atoms with E-state index < -0.39 is 0 Å². The van der Waals surface area contributed by atoms with Gasteiger partial charge in [0.05, 0.1) is 19.5 Å². The Kier molecular flexibility index (Phi) is 4.90. The highest BCUT2D eigenvalue weighted by molar-refractivity contribution is 7.18. The zero-order chi connectivity index (χ0) is 16.1. The van der Waals surface area contributed by atoms with Crippen LogP contribution < -0.4 is 10.2 Å². The molecular formula is C17H14ClN3OS. The number of aromatic nitrogens is 1. The molecule has 3 aromatic rings. The van der Waals surface area contributed by atoms with Crippen LogP contribution in [0.3, 0.4) is 0 Å². The largest absolute Gasteiger partial charge is 0.497 e. The van der Waals surface area contributed by atoms with E-state index in [-0.39, 0.29) is 0 Å². The molecule has 0 unspecified atom stereocenters. The molecule has 0 aliphatic rings. The maximum atomic E-state index is 5.89. The standard InChI is InChI=1S/C17H14ClN3OS/c1-22-15-8-2-12(3-9-15)10-20-21-16-11-19-17(23-16)13-4-6-14(18)7-5-13/h2-11,21H,1H3/b20-10+. The van der Waals surface area contributed by atoms with Gasteiger partial charge in [-0.3, -0.25) is 5.43 Å². The van der Waals surface area contributed by atoms with Crippen LogP contribution in [0.5, 0.6) is 5.75 Å². The normalized spacial score (nSPS) is 10.9. The molecule has 0 amide bonds. The first-order valence-corrected chi connectivity index (χ1v) is 8.09. The number of hydrazone groups is 1. The van der Waals surface area contributed by atoms with Crippen LogP contribution in [-0.4, -0.2) is 18.3 Å². The van der Waals surface area contributed by atoms with Crippen LogP contribution >= 0.6 is 22.9 Å². The first-order valence-electron chi connectivity index (χ1n) is 6.89. The van der Waals surface area contributed by atoms with Crippen molar-refractivity contribution in [3.05, 3.63) is 65.3 Å². The van der Waals surface area contributed by atoms with Crippen molar-refractivity contribution in [1.29, 1.82) is 0 Å². The average Bonchev–Trinajstić information content (AvgIpc) is 3.05. The molecule has 1 N–H and O–H groups in total. The van der Waals surface area contributed by atoms with Crippen molar-refractivity contribution in [2.45, 2.75) is 0 Å². The predicted molar refractivity (Wildman–Crippen MR) is 96.8 cm³/mol. The third-order valence-corrected chi connectivity index (χ3v) is 4.30. The molecule has 0 aliphatic carbocycles. The van der Waals surface area contributed by atoms with Gasteiger partial charge in [0.15, 0.2) is 0 Å². The topological polar surface area (TPSA) is 46.5 Å². The van der Waals surface area contributed by atoms with Gasteiger partial charge < -0.3 is 4.74 Å². The van der Waals surface area contributed by atoms with Gasteiger partial charge in [-0.15, -0.1) is 0 Å². The summed E-state index contributed by atoms with van der Waals surface area (Å²) in [5.41, 5.74) is 5.01. The number of thiazole rings is 1. The van der Waals surface area contributed by atoms with Crippen LogP contribution in [0.4, 0.5) is 5.00 Å². The van der Waals surface area contributed by atoms with Crippen LogP contribution in [0.25, 0.3) is 10.6 Å². The lowest BCUT2D eigenvalue weighted by molar-refractivity contribution is 0.415. The number of nitrogens with one attached hydrogen (secondary N) is 1. The molecule has 0 saturated carbocycles. The Morgan fingerprint density at radius 3 is 2.57 bits per heavy atom. The smallest absolute Gasteiger partial charge is 0.129 e. The first-order chi connectivity index (χ1) is 11.2. The van der Waals surface area contributed by atoms with Crippen molar-refractivity contribution in [3.63, 3.8) is 0 Å². The number of benzene rings is 2. The number of rotatable bonds is 5. The minimum Gasteiger partial charge on any atom is -0.497 e. The summed E-state index contributed by atoms with van der Waals surface area (Å²) in [6.07, 6.45) is 3.51. The predicted octanol–water partition coefficient (Wildman–Crippen LogP) is 4.92. The van der Waals surface area contributed by atoms with Crippen LogP contribution in [0.2, 0.25) is 5.02 Å². The number of hydrogen-bond donors (Lipinski definition) is 1. The molecule has 0 radical (unpaired) electrons. The molecule has 0 spiro atoms. The van der Waals surface area contributed by atoms with Gasteiger partial charge in [0, 0.05) is 10.6 Å². The van der Waals surface area contributed by atoms with Crippen molar-refractivity contribution in [2.24, 2.45) is 5.10 Å². The number of halogens is 1. The fraction of sp³-hybridized carbons (Fsp3) is 0.0588. The van der Waals surface area contributed by atoms with Crippen molar-refractivity contribution in [2.75, 3.05) is 12.5 Å². The number of nitrogens with zero attached hydrogens (tertiary/aromatic N) is 2. The van der Waals surface area contributed by atoms with E-state index in [4.69, 9.17) is 16.3 Å². The zero-order valence-electron chi connectivity index (χ0n) is 12.4. The summed E-state index contributed by atoms with van der Waals surface area (Å²) in [6, 6.07) is 15.3. The molecule has 0 atom stereocenters. The van der Waals surface area contributed by atoms with Gasteiger partial charge in [0.1, 0.15) is 15.8 Å². The molecule has 0 fully saturated rings. The second-order valence-electron chi connectivity index (χ2n) is 4.68. The molecule has 23 heavy (non-hydrogen) atoms. The molecule has 0 bridgehead atoms. The summed E-state index contributed by atoms with van der Waals surface area (Å²) >= 11 is 7.43. The summed E-state index contributed by atoms with van der Waals surface area (Å²) in [4.78, 5) is 4.39. The lowest BCUT2D eigenvalue weighted by Crippen LogP contribution is -1.88. The monoisotopic (exact) mass is 343 g/mol. The number of ether oxygens (including phenoxy) is 1. The number of methoxy groups -OCH3 is 1. The number of hydrogen-bond acceptors (Lipinski definition) is 5. The maximum absolute atomic E-state index is 5.89. The summed E-state index contributed by atoms with van der Waals surface area (Å²) in [6.45, 7) is 0. The van der Waals surface area contributed by atoms with Gasteiger partial charge in [0.25, 0.3) is 0 Å². The Balaban J connectivity index is 1.64. The first kappa shape index (κ1) is 15.5. The van der Waals surface area contributed by atoms with Gasteiger partial charge in [-0.1, -0.05) is 35.1 Å². The molecule has 4 nitrogen and oxygen atoms in total. The fourth-order valence-corrected chi connectivity index (χ4v) is 2.81. The molecule has 6 heteroatoms. The van der Waals surface area contributed by atoms with Crippen molar-refractivity contribution >= 4 is 34.2 Å². The molecule has 116 valence electrons. The fourth-order valence-electron chi connectivity index (χ4n) is 1.91. The lowest BCUT2D eigenvalue weighted by Gasteiger charge is -1.99. The van der Waals surface area contributed by atoms with E-state index in [2.05, 4.69) is 15.5 Å². The SMILES string of the molecule is COc1ccc(/C=N/Nc2cnc(-c3ccc(Cl)cc3)s2)cc1. The summed E-state index contributed by atoms with van der Waals surface area (Å²) < 4.78 is 5.12. The van der Waals surface area contributed by atoms with E-state index >= 15 is 0 Å². The van der Waals surface area contributed by atoms with Crippen LogP contribution in [-0.2, 0) is 0 Å². The summed E-state index contributed by atoms with van der Waals surface area (Å²) in [7, 11) is 1.65. The summed E-state index contributed by atoms with van der Waals surface area (Å²) in [5.74, 6) is 0.824. The van der Waals surface area contributed by atoms with E-state index in [1.165, 1.54) is 11.3 Å². The third kappa shape index (κ3) is 4.09. The van der Waals surface area contributed by atoms with E-state index in [0.29, 0.717) is 5.02 Å². The van der Waals surface area contributed by atoms with E-state index in [1.54, 1.807) is 19.5 Å². The molecule has 0 aliphatic heterocycles. The second-order valence-corrected chi connectivity index (χ2v) is 6.15. The third-order valence-electron chi connectivity index (χ3n) is 3.10. The van der Waals surface area contributed by atoms with Crippen LogP contribution in [0.15, 0.2) is 59.8 Å². The Bertz CT molecular complexity index is 797. The Morgan fingerprint density at radius 2 is 1.87 bits per heavy atom. The van der Waals surface area contributed by atoms with Crippen LogP contribution in [0.1, 0.15) is 5.56 Å². The molecule has 3 rings (SSSR count). The lowest BCUT2D eigenvalue weighted by atomic mass is 10.2. The molecule has 2 aromatic carbocycles. The second kappa shape index (κ2) is 7.26. The quantitative estimate of drug-likeness (QED) is 0.528. The Hall–Kier alpha value is -2.37. The van der Waals surface area contributed by atoms with Crippen molar-refractivity contribution in [1.82, 2.24) is 4.98 Å². The number of anilines is 1.